The summed E-state index contributed by atoms with van der Waals surface area (Å²) in [5, 5.41) is 14.9. The highest BCUT2D eigenvalue weighted by atomic mass is 35.5. The van der Waals surface area contributed by atoms with Gasteiger partial charge in [-0.05, 0) is 41.1 Å². The van der Waals surface area contributed by atoms with Gasteiger partial charge in [-0.3, -0.25) is 0 Å². The smallest absolute Gasteiger partial charge is 0.337 e. The minimum absolute atomic E-state index is 0.146. The van der Waals surface area contributed by atoms with Crippen molar-refractivity contribution in [3.63, 3.8) is 0 Å². The van der Waals surface area contributed by atoms with Crippen LogP contribution in [-0.2, 0) is 0 Å². The summed E-state index contributed by atoms with van der Waals surface area (Å²) in [4.78, 5) is 11.2. The molecule has 0 amide bonds. The SMILES string of the molecule is O=C(O)c1cc(Cl)ccc1NCCOc1ccc2ccccc2c1. The first-order valence-electron chi connectivity index (χ1n) is 7.52. The molecule has 0 aliphatic carbocycles. The van der Waals surface area contributed by atoms with E-state index in [4.69, 9.17) is 16.3 Å². The molecule has 122 valence electrons. The molecule has 0 spiro atoms. The second kappa shape index (κ2) is 7.23. The molecule has 3 aromatic carbocycles. The summed E-state index contributed by atoms with van der Waals surface area (Å²) in [6, 6.07) is 18.7. The van der Waals surface area contributed by atoms with E-state index in [1.165, 1.54) is 6.07 Å². The topological polar surface area (TPSA) is 58.6 Å². The summed E-state index contributed by atoms with van der Waals surface area (Å²) in [5.74, 6) is -0.236. The van der Waals surface area contributed by atoms with Gasteiger partial charge >= 0.3 is 5.97 Å². The number of rotatable bonds is 6. The van der Waals surface area contributed by atoms with Gasteiger partial charge in [-0.1, -0.05) is 41.9 Å². The number of hydrogen-bond donors (Lipinski definition) is 2. The third-order valence-corrected chi connectivity index (χ3v) is 3.85. The second-order valence-corrected chi connectivity index (χ2v) is 5.72. The van der Waals surface area contributed by atoms with Crippen molar-refractivity contribution in [3.8, 4) is 5.75 Å². The summed E-state index contributed by atoms with van der Waals surface area (Å²) in [5.41, 5.74) is 0.669. The lowest BCUT2D eigenvalue weighted by atomic mass is 10.1. The lowest BCUT2D eigenvalue weighted by Gasteiger charge is -2.11. The molecule has 0 radical (unpaired) electrons. The first-order chi connectivity index (χ1) is 11.6. The summed E-state index contributed by atoms with van der Waals surface area (Å²) in [6.07, 6.45) is 0. The molecule has 0 heterocycles. The van der Waals surface area contributed by atoms with Crippen LogP contribution >= 0.6 is 11.6 Å². The Balaban J connectivity index is 1.59. The number of anilines is 1. The van der Waals surface area contributed by atoms with Crippen molar-refractivity contribution in [2.24, 2.45) is 0 Å². The van der Waals surface area contributed by atoms with Crippen molar-refractivity contribution in [1.29, 1.82) is 0 Å². The Kier molecular flexibility index (Phi) is 4.87. The second-order valence-electron chi connectivity index (χ2n) is 5.28. The van der Waals surface area contributed by atoms with Crippen molar-refractivity contribution in [1.82, 2.24) is 0 Å². The first-order valence-corrected chi connectivity index (χ1v) is 7.89. The van der Waals surface area contributed by atoms with Crippen LogP contribution in [0.25, 0.3) is 10.8 Å². The van der Waals surface area contributed by atoms with Gasteiger partial charge in [-0.2, -0.15) is 0 Å². The van der Waals surface area contributed by atoms with Crippen LogP contribution in [0.3, 0.4) is 0 Å². The molecule has 2 N–H and O–H groups in total. The average molecular weight is 342 g/mol. The molecule has 0 aliphatic heterocycles. The normalized spacial score (nSPS) is 10.5. The highest BCUT2D eigenvalue weighted by molar-refractivity contribution is 6.31. The molecular weight excluding hydrogens is 326 g/mol. The van der Waals surface area contributed by atoms with Crippen LogP contribution in [0.1, 0.15) is 10.4 Å². The van der Waals surface area contributed by atoms with Gasteiger partial charge in [0.1, 0.15) is 12.4 Å². The van der Waals surface area contributed by atoms with Crippen molar-refractivity contribution < 1.29 is 14.6 Å². The highest BCUT2D eigenvalue weighted by Gasteiger charge is 2.10. The number of carbonyl (C=O) groups is 1. The lowest BCUT2D eigenvalue weighted by Crippen LogP contribution is -2.14. The van der Waals surface area contributed by atoms with Crippen LogP contribution in [0.5, 0.6) is 5.75 Å². The summed E-state index contributed by atoms with van der Waals surface area (Å²) >= 11 is 5.83. The number of fused-ring (bicyclic) bond motifs is 1. The van der Waals surface area contributed by atoms with Crippen LogP contribution in [-0.4, -0.2) is 24.2 Å². The van der Waals surface area contributed by atoms with Crippen LogP contribution in [0, 0.1) is 0 Å². The molecule has 0 saturated carbocycles. The number of aromatic carboxylic acids is 1. The quantitative estimate of drug-likeness (QED) is 0.639. The van der Waals surface area contributed by atoms with Gasteiger partial charge in [0.25, 0.3) is 0 Å². The zero-order valence-electron chi connectivity index (χ0n) is 12.8. The van der Waals surface area contributed by atoms with Crippen LogP contribution in [0.4, 0.5) is 5.69 Å². The fourth-order valence-corrected chi connectivity index (χ4v) is 2.63. The van der Waals surface area contributed by atoms with E-state index in [1.54, 1.807) is 12.1 Å². The average Bonchev–Trinajstić information content (AvgIpc) is 2.59. The Morgan fingerprint density at radius 3 is 2.62 bits per heavy atom. The lowest BCUT2D eigenvalue weighted by molar-refractivity contribution is 0.0698. The van der Waals surface area contributed by atoms with Crippen molar-refractivity contribution in [2.75, 3.05) is 18.5 Å². The molecule has 0 unspecified atom stereocenters. The monoisotopic (exact) mass is 341 g/mol. The molecule has 0 saturated heterocycles. The molecule has 5 heteroatoms. The Labute approximate surface area is 144 Å². The number of hydrogen-bond acceptors (Lipinski definition) is 3. The fourth-order valence-electron chi connectivity index (χ4n) is 2.46. The highest BCUT2D eigenvalue weighted by Crippen LogP contribution is 2.22. The van der Waals surface area contributed by atoms with Crippen molar-refractivity contribution >= 4 is 34.0 Å². The fraction of sp³-hybridized carbons (Fsp3) is 0.105. The predicted octanol–water partition coefficient (Wildman–Crippen LogP) is 4.68. The van der Waals surface area contributed by atoms with Gasteiger partial charge in [0.2, 0.25) is 0 Å². The maximum Gasteiger partial charge on any atom is 0.337 e. The maximum atomic E-state index is 11.2. The Morgan fingerprint density at radius 2 is 1.83 bits per heavy atom. The molecule has 0 aromatic heterocycles. The van der Waals surface area contributed by atoms with Crippen LogP contribution in [0.2, 0.25) is 5.02 Å². The summed E-state index contributed by atoms with van der Waals surface area (Å²) in [6.45, 7) is 0.898. The molecule has 0 fully saturated rings. The van der Waals surface area contributed by atoms with E-state index < -0.39 is 5.97 Å². The van der Waals surface area contributed by atoms with E-state index >= 15 is 0 Å². The van der Waals surface area contributed by atoms with E-state index in [0.717, 1.165) is 16.5 Å². The van der Waals surface area contributed by atoms with Gasteiger partial charge in [-0.15, -0.1) is 0 Å². The molecule has 0 aliphatic rings. The maximum absolute atomic E-state index is 11.2. The zero-order valence-corrected chi connectivity index (χ0v) is 13.6. The molecule has 0 bridgehead atoms. The number of carboxylic acid groups (broad SMARTS) is 1. The molecule has 0 atom stereocenters. The van der Waals surface area contributed by atoms with E-state index in [0.29, 0.717) is 23.9 Å². The number of carboxylic acids is 1. The van der Waals surface area contributed by atoms with Gasteiger partial charge in [0.15, 0.2) is 0 Å². The van der Waals surface area contributed by atoms with Gasteiger partial charge < -0.3 is 15.2 Å². The minimum atomic E-state index is -1.02. The van der Waals surface area contributed by atoms with E-state index in [-0.39, 0.29) is 5.56 Å². The first kappa shape index (κ1) is 16.1. The summed E-state index contributed by atoms with van der Waals surface area (Å²) < 4.78 is 5.72. The minimum Gasteiger partial charge on any atom is -0.492 e. The standard InChI is InChI=1S/C19H16ClNO3/c20-15-6-8-18(17(12-15)19(22)23)21-9-10-24-16-7-5-13-3-1-2-4-14(13)11-16/h1-8,11-12,21H,9-10H2,(H,22,23). The number of nitrogens with one attached hydrogen (secondary N) is 1. The third-order valence-electron chi connectivity index (χ3n) is 3.62. The third kappa shape index (κ3) is 3.78. The Bertz CT molecular complexity index is 879. The molecular formula is C19H16ClNO3. The molecule has 3 rings (SSSR count). The Hall–Kier alpha value is -2.72. The Morgan fingerprint density at radius 1 is 1.04 bits per heavy atom. The van der Waals surface area contributed by atoms with E-state index in [9.17, 15) is 9.90 Å². The van der Waals surface area contributed by atoms with E-state index in [1.807, 2.05) is 36.4 Å². The predicted molar refractivity (Wildman–Crippen MR) is 96.3 cm³/mol. The van der Waals surface area contributed by atoms with Crippen LogP contribution in [0.15, 0.2) is 60.7 Å². The van der Waals surface area contributed by atoms with Gasteiger partial charge in [-0.25, -0.2) is 4.79 Å². The number of halogens is 1. The molecule has 3 aromatic rings. The van der Waals surface area contributed by atoms with Gasteiger partial charge in [0, 0.05) is 17.3 Å². The van der Waals surface area contributed by atoms with Crippen molar-refractivity contribution in [2.45, 2.75) is 0 Å². The van der Waals surface area contributed by atoms with E-state index in [2.05, 4.69) is 11.4 Å². The molecule has 4 nitrogen and oxygen atoms in total. The number of ether oxygens (including phenoxy) is 1. The largest absolute Gasteiger partial charge is 0.492 e. The van der Waals surface area contributed by atoms with Crippen molar-refractivity contribution in [3.05, 3.63) is 71.2 Å². The summed E-state index contributed by atoms with van der Waals surface area (Å²) in [7, 11) is 0. The van der Waals surface area contributed by atoms with Crippen LogP contribution < -0.4 is 10.1 Å². The van der Waals surface area contributed by atoms with Gasteiger partial charge in [0.05, 0.1) is 5.56 Å². The number of benzene rings is 3. The zero-order chi connectivity index (χ0) is 16.9. The molecule has 24 heavy (non-hydrogen) atoms.